The van der Waals surface area contributed by atoms with Crippen molar-refractivity contribution in [2.75, 3.05) is 13.2 Å². The topological polar surface area (TPSA) is 18.5 Å². The van der Waals surface area contributed by atoms with Gasteiger partial charge in [0.25, 0.3) is 0 Å². The molecule has 0 fully saturated rings. The normalized spacial score (nSPS) is 13.8. The molecular formula is C36H49O2P. The molecule has 210 valence electrons. The highest BCUT2D eigenvalue weighted by Crippen LogP contribution is 2.39. The van der Waals surface area contributed by atoms with Gasteiger partial charge in [-0.1, -0.05) is 83.6 Å². The third-order valence-electron chi connectivity index (χ3n) is 7.24. The van der Waals surface area contributed by atoms with Crippen LogP contribution in [-0.2, 0) is 0 Å². The highest BCUT2D eigenvalue weighted by atomic mass is 31.1. The summed E-state index contributed by atoms with van der Waals surface area (Å²) in [6.45, 7) is 19.2. The molecule has 2 aromatic rings. The fraction of sp³-hybridized carbons (Fsp3) is 0.444. The number of aryl methyl sites for hydroxylation is 3. The predicted molar refractivity (Wildman–Crippen MR) is 173 cm³/mol. The minimum absolute atomic E-state index is 0.731. The second-order valence-corrected chi connectivity index (χ2v) is 12.8. The molecule has 2 aromatic carbocycles. The molecule has 0 spiro atoms. The SMILES string of the molecule is CCCCCOc1ccc([P+](C=C2C(C)=C[C-](C)C=C2C)=Cc2c(C)cc(C)cc2C)c(OCCCCC)c1. The van der Waals surface area contributed by atoms with Crippen LogP contribution in [0.2, 0.25) is 0 Å². The van der Waals surface area contributed by atoms with Crippen LogP contribution in [-0.4, -0.2) is 19.0 Å². The molecule has 0 bridgehead atoms. The quantitative estimate of drug-likeness (QED) is 0.142. The smallest absolute Gasteiger partial charge is 0.195 e. The summed E-state index contributed by atoms with van der Waals surface area (Å²) in [5.41, 5.74) is 9.28. The average Bonchev–Trinajstić information content (AvgIpc) is 2.87. The maximum absolute atomic E-state index is 6.52. The predicted octanol–water partition coefficient (Wildman–Crippen LogP) is 10.1. The van der Waals surface area contributed by atoms with Gasteiger partial charge < -0.3 is 9.47 Å². The van der Waals surface area contributed by atoms with Crippen LogP contribution < -0.4 is 14.8 Å². The molecule has 3 heteroatoms. The molecule has 1 atom stereocenters. The summed E-state index contributed by atoms with van der Waals surface area (Å²) in [4.78, 5) is 0. The molecule has 3 rings (SSSR count). The van der Waals surface area contributed by atoms with E-state index in [0.29, 0.717) is 0 Å². The van der Waals surface area contributed by atoms with E-state index in [0.717, 1.165) is 37.6 Å². The number of benzene rings is 2. The Bertz CT molecular complexity index is 1200. The molecule has 0 N–H and O–H groups in total. The molecule has 39 heavy (non-hydrogen) atoms. The maximum atomic E-state index is 6.52. The summed E-state index contributed by atoms with van der Waals surface area (Å²) in [6.07, 6.45) is 11.5. The Morgan fingerprint density at radius 3 is 1.95 bits per heavy atom. The summed E-state index contributed by atoms with van der Waals surface area (Å²) in [5.74, 6) is 8.16. The Morgan fingerprint density at radius 2 is 1.36 bits per heavy atom. The first-order valence-corrected chi connectivity index (χ1v) is 16.2. The van der Waals surface area contributed by atoms with Gasteiger partial charge in [0.15, 0.2) is 18.6 Å². The number of hydrogen-bond acceptors (Lipinski definition) is 2. The van der Waals surface area contributed by atoms with E-state index in [9.17, 15) is 0 Å². The van der Waals surface area contributed by atoms with Crippen molar-refractivity contribution in [3.8, 4) is 11.5 Å². The lowest BCUT2D eigenvalue weighted by Crippen LogP contribution is -2.09. The summed E-state index contributed by atoms with van der Waals surface area (Å²) < 4.78 is 12.7. The Balaban J connectivity index is 2.15. The van der Waals surface area contributed by atoms with Crippen LogP contribution >= 0.6 is 7.55 Å². The maximum Gasteiger partial charge on any atom is 0.195 e. The van der Waals surface area contributed by atoms with Crippen LogP contribution in [0.3, 0.4) is 0 Å². The van der Waals surface area contributed by atoms with Gasteiger partial charge in [-0.3, -0.25) is 0 Å². The number of allylic oxidation sites excluding steroid dienone is 5. The van der Waals surface area contributed by atoms with E-state index in [-0.39, 0.29) is 0 Å². The molecule has 0 saturated heterocycles. The average molecular weight is 545 g/mol. The first-order chi connectivity index (χ1) is 18.7. The molecule has 2 nitrogen and oxygen atoms in total. The van der Waals surface area contributed by atoms with Crippen molar-refractivity contribution in [3.05, 3.63) is 93.2 Å². The van der Waals surface area contributed by atoms with Crippen molar-refractivity contribution in [1.82, 2.24) is 0 Å². The van der Waals surface area contributed by atoms with Crippen LogP contribution in [0.25, 0.3) is 0 Å². The van der Waals surface area contributed by atoms with Gasteiger partial charge >= 0.3 is 0 Å². The minimum atomic E-state index is -0.799. The Hall–Kier alpha value is -2.70. The molecule has 1 unspecified atom stereocenters. The van der Waals surface area contributed by atoms with Gasteiger partial charge in [-0.05, 0) is 56.9 Å². The molecule has 0 aliphatic heterocycles. The van der Waals surface area contributed by atoms with Crippen molar-refractivity contribution in [2.45, 2.75) is 93.9 Å². The van der Waals surface area contributed by atoms with Crippen molar-refractivity contribution in [1.29, 1.82) is 0 Å². The minimum Gasteiger partial charge on any atom is -0.493 e. The van der Waals surface area contributed by atoms with Crippen LogP contribution in [0.15, 0.2) is 65.0 Å². The van der Waals surface area contributed by atoms with Crippen LogP contribution in [0, 0.1) is 26.7 Å². The van der Waals surface area contributed by atoms with Crippen molar-refractivity contribution in [3.63, 3.8) is 0 Å². The lowest BCUT2D eigenvalue weighted by molar-refractivity contribution is 0.293. The second-order valence-electron chi connectivity index (χ2n) is 11.0. The zero-order chi connectivity index (χ0) is 28.4. The van der Waals surface area contributed by atoms with Gasteiger partial charge in [0.1, 0.15) is 17.4 Å². The summed E-state index contributed by atoms with van der Waals surface area (Å²) in [7, 11) is -0.799. The molecule has 1 aliphatic carbocycles. The fourth-order valence-electron chi connectivity index (χ4n) is 5.23. The zero-order valence-corrected chi connectivity index (χ0v) is 26.5. The van der Waals surface area contributed by atoms with Gasteiger partial charge in [-0.25, -0.2) is 0 Å². The van der Waals surface area contributed by atoms with Gasteiger partial charge in [0, 0.05) is 11.6 Å². The van der Waals surface area contributed by atoms with Crippen molar-refractivity contribution in [2.24, 2.45) is 0 Å². The molecule has 0 heterocycles. The number of ether oxygens (including phenoxy) is 2. The van der Waals surface area contributed by atoms with E-state index < -0.39 is 7.55 Å². The number of hydrogen-bond donors (Lipinski definition) is 0. The van der Waals surface area contributed by atoms with E-state index in [1.54, 1.807) is 0 Å². The largest absolute Gasteiger partial charge is 0.493 e. The van der Waals surface area contributed by atoms with Crippen LogP contribution in [0.4, 0.5) is 0 Å². The third-order valence-corrected chi connectivity index (χ3v) is 9.24. The molecular weight excluding hydrogens is 495 g/mol. The number of rotatable bonds is 13. The Kier molecular flexibility index (Phi) is 12.0. The first-order valence-electron chi connectivity index (χ1n) is 14.8. The number of unbranched alkanes of at least 4 members (excludes halogenated alkanes) is 4. The van der Waals surface area contributed by atoms with Crippen LogP contribution in [0.1, 0.15) is 95.4 Å². The van der Waals surface area contributed by atoms with Crippen LogP contribution in [0.5, 0.6) is 11.5 Å². The highest BCUT2D eigenvalue weighted by molar-refractivity contribution is 7.68. The summed E-state index contributed by atoms with van der Waals surface area (Å²) in [6, 6.07) is 11.1. The van der Waals surface area contributed by atoms with Gasteiger partial charge in [-0.2, -0.15) is 18.1 Å². The standard InChI is InChI=1S/C36H49O2P/c1-9-11-13-17-37-32-15-16-36(35(23-32)38-18-14-12-10-2)39(24-33-28(5)19-26(3)20-29(33)6)25-34-30(7)21-27(4)22-31(34)8/h15-16,19-25H,9-14,17-18H2,1-8H3. The molecule has 0 amide bonds. The van der Waals surface area contributed by atoms with Gasteiger partial charge in [0.05, 0.1) is 13.2 Å². The molecule has 0 saturated carbocycles. The Labute approximate surface area is 239 Å². The van der Waals surface area contributed by atoms with E-state index in [1.807, 2.05) is 0 Å². The Morgan fingerprint density at radius 1 is 0.769 bits per heavy atom. The summed E-state index contributed by atoms with van der Waals surface area (Å²) >= 11 is 0. The molecule has 0 aromatic heterocycles. The first kappa shape index (κ1) is 30.8. The fourth-order valence-corrected chi connectivity index (χ4v) is 7.59. The van der Waals surface area contributed by atoms with Gasteiger partial charge in [0.2, 0.25) is 0 Å². The second kappa shape index (κ2) is 15.2. The van der Waals surface area contributed by atoms with E-state index >= 15 is 0 Å². The highest BCUT2D eigenvalue weighted by Gasteiger charge is 2.22. The molecule has 0 radical (unpaired) electrons. The van der Waals surface area contributed by atoms with Crippen molar-refractivity contribution < 1.29 is 9.47 Å². The third kappa shape index (κ3) is 8.91. The monoisotopic (exact) mass is 544 g/mol. The lowest BCUT2D eigenvalue weighted by atomic mass is 9.90. The lowest BCUT2D eigenvalue weighted by Gasteiger charge is -2.25. The van der Waals surface area contributed by atoms with E-state index in [2.05, 4.69) is 109 Å². The zero-order valence-electron chi connectivity index (χ0n) is 25.6. The van der Waals surface area contributed by atoms with Gasteiger partial charge in [-0.15, -0.1) is 11.1 Å². The summed E-state index contributed by atoms with van der Waals surface area (Å²) in [5, 5.41) is 1.25. The van der Waals surface area contributed by atoms with E-state index in [1.165, 1.54) is 75.9 Å². The molecule has 1 aliphatic rings. The van der Waals surface area contributed by atoms with E-state index in [4.69, 9.17) is 9.47 Å². The van der Waals surface area contributed by atoms with Crippen molar-refractivity contribution >= 4 is 18.6 Å².